The van der Waals surface area contributed by atoms with Gasteiger partial charge in [-0.05, 0) is 24.1 Å². The second-order valence-corrected chi connectivity index (χ2v) is 4.31. The summed E-state index contributed by atoms with van der Waals surface area (Å²) in [4.78, 5) is 24.7. The fraction of sp³-hybridized carbons (Fsp3) is 0.357. The lowest BCUT2D eigenvalue weighted by Gasteiger charge is -2.15. The molecule has 0 radical (unpaired) electrons. The molecule has 0 spiro atoms. The largest absolute Gasteiger partial charge is 0.450 e. The molecule has 1 aliphatic heterocycles. The van der Waals surface area contributed by atoms with Crippen molar-refractivity contribution in [2.75, 3.05) is 18.1 Å². The average Bonchev–Trinajstić information content (AvgIpc) is 2.83. The Bertz CT molecular complexity index is 516. The quantitative estimate of drug-likeness (QED) is 0.766. The van der Waals surface area contributed by atoms with Crippen LogP contribution in [-0.2, 0) is 20.7 Å². The molecule has 1 saturated heterocycles. The summed E-state index contributed by atoms with van der Waals surface area (Å²) in [5.74, 6) is -0.285. The van der Waals surface area contributed by atoms with Crippen molar-refractivity contribution in [2.45, 2.75) is 19.3 Å². The number of nitrogens with zero attached hydrogens (tertiary/aromatic N) is 2. The molecule has 0 saturated carbocycles. The van der Waals surface area contributed by atoms with Crippen LogP contribution in [-0.4, -0.2) is 25.0 Å². The van der Waals surface area contributed by atoms with Crippen molar-refractivity contribution in [3.8, 4) is 6.07 Å². The van der Waals surface area contributed by atoms with E-state index in [1.165, 1.54) is 0 Å². The van der Waals surface area contributed by atoms with Gasteiger partial charge in [0.15, 0.2) is 6.61 Å². The highest BCUT2D eigenvalue weighted by molar-refractivity contribution is 5.95. The minimum Gasteiger partial charge on any atom is -0.450 e. The molecular weight excluding hydrogens is 244 g/mol. The van der Waals surface area contributed by atoms with Crippen LogP contribution >= 0.6 is 0 Å². The zero-order valence-corrected chi connectivity index (χ0v) is 10.5. The maximum absolute atomic E-state index is 11.6. The summed E-state index contributed by atoms with van der Waals surface area (Å²) in [5, 5.41) is 8.30. The third-order valence-electron chi connectivity index (χ3n) is 2.97. The van der Waals surface area contributed by atoms with Crippen LogP contribution in [0.4, 0.5) is 5.69 Å². The maximum atomic E-state index is 11.6. The van der Waals surface area contributed by atoms with Gasteiger partial charge < -0.3 is 9.64 Å². The molecule has 2 rings (SSSR count). The molecule has 1 fully saturated rings. The fourth-order valence-electron chi connectivity index (χ4n) is 2.05. The van der Waals surface area contributed by atoms with Gasteiger partial charge in [0, 0.05) is 18.7 Å². The molecule has 0 bridgehead atoms. The molecule has 1 heterocycles. The SMILES string of the molecule is N#CCOC(=O)Cc1ccc(N2CCCC2=O)cc1. The van der Waals surface area contributed by atoms with E-state index in [0.717, 1.165) is 24.2 Å². The number of ether oxygens (including phenoxy) is 1. The molecule has 0 N–H and O–H groups in total. The van der Waals surface area contributed by atoms with Crippen molar-refractivity contribution >= 4 is 17.6 Å². The summed E-state index contributed by atoms with van der Waals surface area (Å²) >= 11 is 0. The molecule has 1 aliphatic rings. The van der Waals surface area contributed by atoms with Gasteiger partial charge >= 0.3 is 5.97 Å². The topological polar surface area (TPSA) is 70.4 Å². The zero-order valence-electron chi connectivity index (χ0n) is 10.5. The van der Waals surface area contributed by atoms with Gasteiger partial charge in [-0.25, -0.2) is 0 Å². The molecule has 98 valence electrons. The van der Waals surface area contributed by atoms with Gasteiger partial charge in [-0.2, -0.15) is 5.26 Å². The molecule has 5 nitrogen and oxygen atoms in total. The van der Waals surface area contributed by atoms with Crippen LogP contribution in [0.1, 0.15) is 18.4 Å². The Balaban J connectivity index is 1.97. The molecule has 0 aromatic heterocycles. The Hall–Kier alpha value is -2.35. The van der Waals surface area contributed by atoms with Gasteiger partial charge in [-0.15, -0.1) is 0 Å². The Kier molecular flexibility index (Phi) is 4.14. The van der Waals surface area contributed by atoms with E-state index in [0.29, 0.717) is 6.42 Å². The molecular formula is C14H14N2O3. The summed E-state index contributed by atoms with van der Waals surface area (Å²) in [5.41, 5.74) is 1.66. The molecule has 1 amide bonds. The first kappa shape index (κ1) is 13.1. The van der Waals surface area contributed by atoms with Crippen LogP contribution < -0.4 is 4.90 Å². The van der Waals surface area contributed by atoms with Gasteiger partial charge in [0.2, 0.25) is 5.91 Å². The van der Waals surface area contributed by atoms with Crippen LogP contribution in [0, 0.1) is 11.3 Å². The predicted octanol–water partition coefficient (Wildman–Crippen LogP) is 1.42. The number of carbonyl (C=O) groups is 2. The second-order valence-electron chi connectivity index (χ2n) is 4.31. The van der Waals surface area contributed by atoms with E-state index in [-0.39, 0.29) is 18.9 Å². The lowest BCUT2D eigenvalue weighted by Crippen LogP contribution is -2.23. The number of carbonyl (C=O) groups excluding carboxylic acids is 2. The van der Waals surface area contributed by atoms with Gasteiger partial charge in [0.25, 0.3) is 0 Å². The summed E-state index contributed by atoms with van der Waals surface area (Å²) in [7, 11) is 0. The highest BCUT2D eigenvalue weighted by Gasteiger charge is 2.21. The Labute approximate surface area is 111 Å². The van der Waals surface area contributed by atoms with E-state index >= 15 is 0 Å². The molecule has 1 aromatic rings. The molecule has 5 heteroatoms. The number of benzene rings is 1. The minimum absolute atomic E-state index is 0.135. The molecule has 0 unspecified atom stereocenters. The highest BCUT2D eigenvalue weighted by Crippen LogP contribution is 2.21. The van der Waals surface area contributed by atoms with Gasteiger partial charge in [-0.1, -0.05) is 12.1 Å². The van der Waals surface area contributed by atoms with Crippen LogP contribution in [0.15, 0.2) is 24.3 Å². The molecule has 0 aliphatic carbocycles. The van der Waals surface area contributed by atoms with E-state index in [4.69, 9.17) is 5.26 Å². The summed E-state index contributed by atoms with van der Waals surface area (Å²) < 4.78 is 4.68. The zero-order chi connectivity index (χ0) is 13.7. The van der Waals surface area contributed by atoms with Crippen molar-refractivity contribution in [3.05, 3.63) is 29.8 Å². The number of esters is 1. The normalized spacial score (nSPS) is 14.3. The summed E-state index contributed by atoms with van der Waals surface area (Å²) in [6.45, 7) is 0.529. The van der Waals surface area contributed by atoms with Gasteiger partial charge in [-0.3, -0.25) is 9.59 Å². The smallest absolute Gasteiger partial charge is 0.311 e. The highest BCUT2D eigenvalue weighted by atomic mass is 16.5. The standard InChI is InChI=1S/C14H14N2O3/c15-7-9-19-14(18)10-11-3-5-12(6-4-11)16-8-1-2-13(16)17/h3-6H,1-2,8-10H2. The number of anilines is 1. The first-order valence-electron chi connectivity index (χ1n) is 6.12. The number of hydrogen-bond acceptors (Lipinski definition) is 4. The fourth-order valence-corrected chi connectivity index (χ4v) is 2.05. The van der Waals surface area contributed by atoms with E-state index in [2.05, 4.69) is 4.74 Å². The summed E-state index contributed by atoms with van der Waals surface area (Å²) in [6.07, 6.45) is 1.62. The van der Waals surface area contributed by atoms with E-state index in [1.54, 1.807) is 23.1 Å². The lowest BCUT2D eigenvalue weighted by molar-refractivity contribution is -0.141. The van der Waals surface area contributed by atoms with Crippen molar-refractivity contribution in [1.82, 2.24) is 0 Å². The third kappa shape index (κ3) is 3.32. The van der Waals surface area contributed by atoms with E-state index in [9.17, 15) is 9.59 Å². The number of amides is 1. The van der Waals surface area contributed by atoms with Crippen molar-refractivity contribution in [3.63, 3.8) is 0 Å². The third-order valence-corrected chi connectivity index (χ3v) is 2.97. The van der Waals surface area contributed by atoms with Gasteiger partial charge in [0.1, 0.15) is 6.07 Å². The van der Waals surface area contributed by atoms with Crippen LogP contribution in [0.3, 0.4) is 0 Å². The first-order valence-corrected chi connectivity index (χ1v) is 6.12. The molecule has 19 heavy (non-hydrogen) atoms. The molecule has 0 atom stereocenters. The van der Waals surface area contributed by atoms with Crippen LogP contribution in [0.2, 0.25) is 0 Å². The van der Waals surface area contributed by atoms with Gasteiger partial charge in [0.05, 0.1) is 6.42 Å². The number of nitriles is 1. The first-order chi connectivity index (χ1) is 9.20. The average molecular weight is 258 g/mol. The molecule has 1 aromatic carbocycles. The summed E-state index contributed by atoms with van der Waals surface area (Å²) in [6, 6.07) is 9.01. The lowest BCUT2D eigenvalue weighted by atomic mass is 10.1. The van der Waals surface area contributed by atoms with Crippen LogP contribution in [0.25, 0.3) is 0 Å². The number of hydrogen-bond donors (Lipinski definition) is 0. The van der Waals surface area contributed by atoms with Crippen LogP contribution in [0.5, 0.6) is 0 Å². The van der Waals surface area contributed by atoms with Crippen molar-refractivity contribution in [1.29, 1.82) is 5.26 Å². The van der Waals surface area contributed by atoms with Crippen molar-refractivity contribution in [2.24, 2.45) is 0 Å². The Morgan fingerprint density at radius 1 is 1.37 bits per heavy atom. The van der Waals surface area contributed by atoms with E-state index < -0.39 is 5.97 Å². The van der Waals surface area contributed by atoms with Crippen molar-refractivity contribution < 1.29 is 14.3 Å². The van der Waals surface area contributed by atoms with E-state index in [1.807, 2.05) is 12.1 Å². The second kappa shape index (κ2) is 6.01. The maximum Gasteiger partial charge on any atom is 0.311 e. The Morgan fingerprint density at radius 2 is 2.11 bits per heavy atom. The minimum atomic E-state index is -0.424. The monoisotopic (exact) mass is 258 g/mol. The number of rotatable bonds is 4. The Morgan fingerprint density at radius 3 is 2.68 bits per heavy atom. The predicted molar refractivity (Wildman–Crippen MR) is 68.3 cm³/mol.